The molecule has 0 saturated heterocycles. The molecule has 0 bridgehead atoms. The average molecular weight is 252 g/mol. The molecule has 0 saturated carbocycles. The average Bonchev–Trinajstić information content (AvgIpc) is 2.68. The lowest BCUT2D eigenvalue weighted by molar-refractivity contribution is 0.736. The standard InChI is InChI=1S/C13H14ClNS/c1-9-2-4-10(5-3-9)8-12(15)13-11(14)6-7-16-13/h2-7,12H,8,15H2,1H3. The first-order chi connectivity index (χ1) is 7.66. The van der Waals surface area contributed by atoms with Crippen LogP contribution < -0.4 is 5.73 Å². The van der Waals surface area contributed by atoms with Crippen LogP contribution in [0.15, 0.2) is 35.7 Å². The van der Waals surface area contributed by atoms with E-state index >= 15 is 0 Å². The number of halogens is 1. The predicted molar refractivity (Wildman–Crippen MR) is 71.1 cm³/mol. The third-order valence-corrected chi connectivity index (χ3v) is 4.05. The van der Waals surface area contributed by atoms with Gasteiger partial charge in [0, 0.05) is 10.9 Å². The Morgan fingerprint density at radius 1 is 1.25 bits per heavy atom. The quantitative estimate of drug-likeness (QED) is 0.878. The summed E-state index contributed by atoms with van der Waals surface area (Å²) in [5, 5.41) is 2.76. The Labute approximate surface area is 105 Å². The van der Waals surface area contributed by atoms with Crippen molar-refractivity contribution in [3.63, 3.8) is 0 Å². The highest BCUT2D eigenvalue weighted by Gasteiger charge is 2.12. The van der Waals surface area contributed by atoms with E-state index < -0.39 is 0 Å². The number of thiophene rings is 1. The van der Waals surface area contributed by atoms with Gasteiger partial charge in [-0.3, -0.25) is 0 Å². The molecule has 2 rings (SSSR count). The summed E-state index contributed by atoms with van der Waals surface area (Å²) in [4.78, 5) is 1.07. The molecule has 0 fully saturated rings. The molecule has 3 heteroatoms. The largest absolute Gasteiger partial charge is 0.323 e. The van der Waals surface area contributed by atoms with Crippen LogP contribution in [0.1, 0.15) is 22.0 Å². The minimum Gasteiger partial charge on any atom is -0.323 e. The molecule has 1 heterocycles. The fourth-order valence-corrected chi connectivity index (χ4v) is 2.84. The van der Waals surface area contributed by atoms with Gasteiger partial charge in [-0.25, -0.2) is 0 Å². The summed E-state index contributed by atoms with van der Waals surface area (Å²) < 4.78 is 0. The van der Waals surface area contributed by atoms with E-state index in [0.29, 0.717) is 0 Å². The van der Waals surface area contributed by atoms with Crippen molar-refractivity contribution >= 4 is 22.9 Å². The maximum atomic E-state index is 6.14. The number of hydrogen-bond acceptors (Lipinski definition) is 2. The molecule has 0 aliphatic heterocycles. The molecule has 0 spiro atoms. The molecule has 84 valence electrons. The Hall–Kier alpha value is -0.830. The van der Waals surface area contributed by atoms with Crippen LogP contribution in [0.25, 0.3) is 0 Å². The zero-order valence-electron chi connectivity index (χ0n) is 9.11. The molecule has 1 unspecified atom stereocenters. The zero-order valence-corrected chi connectivity index (χ0v) is 10.7. The number of hydrogen-bond donors (Lipinski definition) is 1. The van der Waals surface area contributed by atoms with E-state index in [2.05, 4.69) is 31.2 Å². The van der Waals surface area contributed by atoms with Crippen LogP contribution >= 0.6 is 22.9 Å². The maximum absolute atomic E-state index is 6.14. The van der Waals surface area contributed by atoms with E-state index in [9.17, 15) is 0 Å². The van der Waals surface area contributed by atoms with Crippen molar-refractivity contribution in [2.75, 3.05) is 0 Å². The Morgan fingerprint density at radius 3 is 2.50 bits per heavy atom. The van der Waals surface area contributed by atoms with E-state index in [4.69, 9.17) is 17.3 Å². The van der Waals surface area contributed by atoms with Crippen molar-refractivity contribution < 1.29 is 0 Å². The summed E-state index contributed by atoms with van der Waals surface area (Å²) in [6.07, 6.45) is 0.834. The molecule has 1 aromatic carbocycles. The summed E-state index contributed by atoms with van der Waals surface area (Å²) in [5.74, 6) is 0. The predicted octanol–water partition coefficient (Wildman–Crippen LogP) is 3.95. The van der Waals surface area contributed by atoms with Gasteiger partial charge in [0.1, 0.15) is 0 Å². The third kappa shape index (κ3) is 2.64. The molecule has 0 radical (unpaired) electrons. The van der Waals surface area contributed by atoms with Gasteiger partial charge in [0.05, 0.1) is 5.02 Å². The fourth-order valence-electron chi connectivity index (χ4n) is 1.64. The van der Waals surface area contributed by atoms with Crippen molar-refractivity contribution in [1.82, 2.24) is 0 Å². The SMILES string of the molecule is Cc1ccc(CC(N)c2sccc2Cl)cc1. The van der Waals surface area contributed by atoms with E-state index in [0.717, 1.165) is 16.3 Å². The molecular weight excluding hydrogens is 238 g/mol. The van der Waals surface area contributed by atoms with Gasteiger partial charge in [-0.1, -0.05) is 41.4 Å². The lowest BCUT2D eigenvalue weighted by Gasteiger charge is -2.10. The molecule has 0 amide bonds. The Morgan fingerprint density at radius 2 is 1.94 bits per heavy atom. The topological polar surface area (TPSA) is 26.0 Å². The summed E-state index contributed by atoms with van der Waals surface area (Å²) in [6, 6.07) is 10.4. The highest BCUT2D eigenvalue weighted by molar-refractivity contribution is 7.10. The molecule has 0 aliphatic carbocycles. The van der Waals surface area contributed by atoms with Gasteiger partial charge in [0.25, 0.3) is 0 Å². The van der Waals surface area contributed by atoms with Crippen LogP contribution in [0.4, 0.5) is 0 Å². The van der Waals surface area contributed by atoms with Crippen molar-refractivity contribution in [3.05, 3.63) is 56.7 Å². The Bertz CT molecular complexity index is 461. The number of benzene rings is 1. The molecule has 1 nitrogen and oxygen atoms in total. The smallest absolute Gasteiger partial charge is 0.0561 e. The molecule has 1 atom stereocenters. The van der Waals surface area contributed by atoms with Gasteiger partial charge in [-0.2, -0.15) is 0 Å². The normalized spacial score (nSPS) is 12.7. The van der Waals surface area contributed by atoms with Crippen LogP contribution in [0.5, 0.6) is 0 Å². The highest BCUT2D eigenvalue weighted by atomic mass is 35.5. The van der Waals surface area contributed by atoms with E-state index in [-0.39, 0.29) is 6.04 Å². The fraction of sp³-hybridized carbons (Fsp3) is 0.231. The summed E-state index contributed by atoms with van der Waals surface area (Å²) in [5.41, 5.74) is 8.66. The van der Waals surface area contributed by atoms with Crippen LogP contribution in [0.3, 0.4) is 0 Å². The van der Waals surface area contributed by atoms with Gasteiger partial charge in [0.15, 0.2) is 0 Å². The van der Waals surface area contributed by atoms with E-state index in [1.165, 1.54) is 11.1 Å². The maximum Gasteiger partial charge on any atom is 0.0561 e. The zero-order chi connectivity index (χ0) is 11.5. The second kappa shape index (κ2) is 5.00. The molecule has 16 heavy (non-hydrogen) atoms. The summed E-state index contributed by atoms with van der Waals surface area (Å²) >= 11 is 7.68. The van der Waals surface area contributed by atoms with E-state index in [1.54, 1.807) is 11.3 Å². The Kier molecular flexibility index (Phi) is 3.64. The second-order valence-corrected chi connectivity index (χ2v) is 5.28. The monoisotopic (exact) mass is 251 g/mol. The second-order valence-electron chi connectivity index (χ2n) is 3.93. The molecule has 0 aliphatic rings. The van der Waals surface area contributed by atoms with Crippen molar-refractivity contribution in [1.29, 1.82) is 0 Å². The number of rotatable bonds is 3. The number of nitrogens with two attached hydrogens (primary N) is 1. The van der Waals surface area contributed by atoms with Gasteiger partial charge in [0.2, 0.25) is 0 Å². The first-order valence-corrected chi connectivity index (χ1v) is 6.46. The van der Waals surface area contributed by atoms with Gasteiger partial charge >= 0.3 is 0 Å². The van der Waals surface area contributed by atoms with Gasteiger partial charge in [-0.05, 0) is 30.4 Å². The first-order valence-electron chi connectivity index (χ1n) is 5.21. The molecule has 2 aromatic rings. The third-order valence-electron chi connectivity index (χ3n) is 2.56. The first kappa shape index (κ1) is 11.6. The summed E-state index contributed by atoms with van der Waals surface area (Å²) in [7, 11) is 0. The van der Waals surface area contributed by atoms with Crippen LogP contribution in [0, 0.1) is 6.92 Å². The Balaban J connectivity index is 2.10. The summed E-state index contributed by atoms with van der Waals surface area (Å²) in [6.45, 7) is 2.08. The minimum absolute atomic E-state index is 0.00444. The molecule has 1 aromatic heterocycles. The van der Waals surface area contributed by atoms with Gasteiger partial charge in [-0.15, -0.1) is 11.3 Å². The number of aryl methyl sites for hydroxylation is 1. The molecular formula is C13H14ClNS. The van der Waals surface area contributed by atoms with Crippen LogP contribution in [-0.4, -0.2) is 0 Å². The highest BCUT2D eigenvalue weighted by Crippen LogP contribution is 2.29. The minimum atomic E-state index is -0.00444. The van der Waals surface area contributed by atoms with Crippen molar-refractivity contribution in [2.45, 2.75) is 19.4 Å². The van der Waals surface area contributed by atoms with Crippen molar-refractivity contribution in [3.8, 4) is 0 Å². The van der Waals surface area contributed by atoms with Crippen LogP contribution in [-0.2, 0) is 6.42 Å². The molecule has 2 N–H and O–H groups in total. The van der Waals surface area contributed by atoms with Crippen LogP contribution in [0.2, 0.25) is 5.02 Å². The lowest BCUT2D eigenvalue weighted by atomic mass is 10.0. The lowest BCUT2D eigenvalue weighted by Crippen LogP contribution is -2.12. The van der Waals surface area contributed by atoms with Crippen molar-refractivity contribution in [2.24, 2.45) is 5.73 Å². The van der Waals surface area contributed by atoms with E-state index in [1.807, 2.05) is 11.4 Å². The van der Waals surface area contributed by atoms with Gasteiger partial charge < -0.3 is 5.73 Å².